The van der Waals surface area contributed by atoms with Crippen LogP contribution in [0.15, 0.2) is 285 Å². The molecular formula is C73H53BN8. The number of aromatic nitrogens is 5. The molecular weight excluding hydrogens is 1000 g/mol. The van der Waals surface area contributed by atoms with E-state index in [1.807, 2.05) is 92.9 Å². The second kappa shape index (κ2) is 21.1. The average molecular weight is 1050 g/mol. The van der Waals surface area contributed by atoms with E-state index >= 15 is 0 Å². The molecule has 0 atom stereocenters. The summed E-state index contributed by atoms with van der Waals surface area (Å²) in [7, 11) is 2.02. The van der Waals surface area contributed by atoms with Crippen molar-refractivity contribution in [3.8, 4) is 79.2 Å². The highest BCUT2D eigenvalue weighted by molar-refractivity contribution is 7.00. The first-order chi connectivity index (χ1) is 40.5. The summed E-state index contributed by atoms with van der Waals surface area (Å²) in [5, 5.41) is 0. The molecule has 0 radical (unpaired) electrons. The van der Waals surface area contributed by atoms with Gasteiger partial charge in [0.15, 0.2) is 23.3 Å². The van der Waals surface area contributed by atoms with Crippen LogP contribution in [0.4, 0.5) is 39.8 Å². The molecule has 0 amide bonds. The van der Waals surface area contributed by atoms with Crippen LogP contribution in [0.3, 0.4) is 0 Å². The first-order valence-electron chi connectivity index (χ1n) is 27.6. The summed E-state index contributed by atoms with van der Waals surface area (Å²) >= 11 is 0. The Balaban J connectivity index is 0.897. The largest absolute Gasteiger partial charge is 0.345 e. The van der Waals surface area contributed by atoms with Crippen LogP contribution in [0.2, 0.25) is 0 Å². The van der Waals surface area contributed by atoms with Crippen LogP contribution in [-0.4, -0.2) is 38.7 Å². The maximum atomic E-state index is 5.41. The third-order valence-electron chi connectivity index (χ3n) is 15.6. The fourth-order valence-electron chi connectivity index (χ4n) is 11.7. The standard InChI is InChI=1S/C73H53BN8/c1-4-24-49(2)80(3)64-44-43-56(71-75-62(50-25-9-5-10-26-50)48-63(76-71)51-27-11-6-12-28-51)47-59(64)73-78-70(52-29-13-7-14-30-52)77-72(79-73)55-33-21-31-53(45-55)54-32-22-36-58(46-54)82-66-40-20-18-38-61(66)74-60-37-17-19-39-65(60)81(57-34-15-8-16-35-57)67-41-23-42-68(82)69(67)74/h4-48H,2H2,1,3H3/b24-4-. The van der Waals surface area contributed by atoms with Crippen molar-refractivity contribution < 1.29 is 0 Å². The summed E-state index contributed by atoms with van der Waals surface area (Å²) in [6, 6.07) is 91.6. The molecule has 0 saturated heterocycles. The third kappa shape index (κ3) is 9.00. The third-order valence-corrected chi connectivity index (χ3v) is 15.6. The van der Waals surface area contributed by atoms with E-state index in [2.05, 4.69) is 215 Å². The molecule has 9 heteroatoms. The minimum absolute atomic E-state index is 0.0540. The molecule has 14 rings (SSSR count). The molecule has 388 valence electrons. The fourth-order valence-corrected chi connectivity index (χ4v) is 11.7. The Morgan fingerprint density at radius 3 is 1.45 bits per heavy atom. The van der Waals surface area contributed by atoms with Crippen molar-refractivity contribution in [1.29, 1.82) is 0 Å². The van der Waals surface area contributed by atoms with E-state index in [9.17, 15) is 0 Å². The van der Waals surface area contributed by atoms with Crippen LogP contribution in [-0.2, 0) is 0 Å². The zero-order valence-corrected chi connectivity index (χ0v) is 45.3. The van der Waals surface area contributed by atoms with Gasteiger partial charge in [0.05, 0.1) is 17.1 Å². The van der Waals surface area contributed by atoms with Gasteiger partial charge in [-0.2, -0.15) is 0 Å². The van der Waals surface area contributed by atoms with Crippen molar-refractivity contribution in [2.24, 2.45) is 0 Å². The summed E-state index contributed by atoms with van der Waals surface area (Å²) in [6.07, 6.45) is 3.99. The topological polar surface area (TPSA) is 74.2 Å². The van der Waals surface area contributed by atoms with Crippen molar-refractivity contribution in [3.05, 3.63) is 285 Å². The highest BCUT2D eigenvalue weighted by Gasteiger charge is 2.42. The second-order valence-corrected chi connectivity index (χ2v) is 20.5. The van der Waals surface area contributed by atoms with Crippen molar-refractivity contribution in [2.75, 3.05) is 21.7 Å². The number of para-hydroxylation sites is 3. The van der Waals surface area contributed by atoms with Crippen LogP contribution in [0.25, 0.3) is 79.2 Å². The summed E-state index contributed by atoms with van der Waals surface area (Å²) < 4.78 is 0. The maximum Gasteiger partial charge on any atom is 0.252 e. The van der Waals surface area contributed by atoms with Crippen molar-refractivity contribution in [1.82, 2.24) is 24.9 Å². The highest BCUT2D eigenvalue weighted by Crippen LogP contribution is 2.45. The molecule has 10 aromatic carbocycles. The normalized spacial score (nSPS) is 12.2. The van der Waals surface area contributed by atoms with Crippen molar-refractivity contribution in [3.63, 3.8) is 0 Å². The lowest BCUT2D eigenvalue weighted by atomic mass is 9.33. The maximum absolute atomic E-state index is 5.41. The number of rotatable bonds is 12. The van der Waals surface area contributed by atoms with E-state index < -0.39 is 0 Å². The summed E-state index contributed by atoms with van der Waals surface area (Å²) in [5.41, 5.74) is 21.4. The SMILES string of the molecule is C=C(/C=C\C)N(C)c1ccc(-c2nc(-c3ccccc3)cc(-c3ccccc3)n2)cc1-c1nc(-c2ccccc2)nc(-c2cccc(-c3cccc(N4c5ccccc5B5c6ccccc6N(c6ccccc6)c6cccc4c65)c3)c2)n1. The quantitative estimate of drug-likeness (QED) is 0.0885. The van der Waals surface area contributed by atoms with Crippen LogP contribution in [0, 0.1) is 0 Å². The Labute approximate surface area is 478 Å². The molecule has 4 heterocycles. The molecule has 2 aliphatic heterocycles. The zero-order chi connectivity index (χ0) is 55.1. The highest BCUT2D eigenvalue weighted by atomic mass is 15.2. The van der Waals surface area contributed by atoms with Crippen LogP contribution >= 0.6 is 0 Å². The monoisotopic (exact) mass is 1050 g/mol. The van der Waals surface area contributed by atoms with Gasteiger partial charge in [-0.05, 0) is 119 Å². The van der Waals surface area contributed by atoms with E-state index in [0.717, 1.165) is 90.0 Å². The molecule has 2 aliphatic rings. The minimum Gasteiger partial charge on any atom is -0.345 e. The van der Waals surface area contributed by atoms with Gasteiger partial charge in [-0.15, -0.1) is 0 Å². The number of benzene rings is 10. The number of fused-ring (bicyclic) bond motifs is 4. The zero-order valence-electron chi connectivity index (χ0n) is 45.3. The van der Waals surface area contributed by atoms with E-state index in [1.165, 1.54) is 27.8 Å². The lowest BCUT2D eigenvalue weighted by molar-refractivity contribution is 1.06. The first-order valence-corrected chi connectivity index (χ1v) is 27.6. The molecule has 0 unspecified atom stereocenters. The van der Waals surface area contributed by atoms with Gasteiger partial charge in [0.2, 0.25) is 0 Å². The molecule has 82 heavy (non-hydrogen) atoms. The Morgan fingerprint density at radius 2 is 0.829 bits per heavy atom. The van der Waals surface area contributed by atoms with Gasteiger partial charge in [-0.1, -0.05) is 195 Å². The molecule has 12 aromatic rings. The predicted octanol–water partition coefficient (Wildman–Crippen LogP) is 15.9. The van der Waals surface area contributed by atoms with Gasteiger partial charge < -0.3 is 14.7 Å². The smallest absolute Gasteiger partial charge is 0.252 e. The molecule has 0 bridgehead atoms. The van der Waals surface area contributed by atoms with E-state index in [4.69, 9.17) is 24.9 Å². The summed E-state index contributed by atoms with van der Waals surface area (Å²) in [5.74, 6) is 2.17. The van der Waals surface area contributed by atoms with Crippen LogP contribution in [0.5, 0.6) is 0 Å². The van der Waals surface area contributed by atoms with Crippen LogP contribution in [0.1, 0.15) is 6.92 Å². The summed E-state index contributed by atoms with van der Waals surface area (Å²) in [4.78, 5) is 33.4. The predicted molar refractivity (Wildman–Crippen MR) is 340 cm³/mol. The Bertz CT molecular complexity index is 4360. The number of likely N-dealkylation sites (N-methyl/N-ethyl adjacent to an activating group) is 1. The van der Waals surface area contributed by atoms with E-state index in [1.54, 1.807) is 0 Å². The van der Waals surface area contributed by atoms with Crippen molar-refractivity contribution >= 4 is 62.9 Å². The number of allylic oxidation sites excluding steroid dienone is 2. The van der Waals surface area contributed by atoms with E-state index in [-0.39, 0.29) is 6.71 Å². The lowest BCUT2D eigenvalue weighted by Crippen LogP contribution is -2.61. The Hall–Kier alpha value is -10.8. The minimum atomic E-state index is 0.0540. The van der Waals surface area contributed by atoms with Gasteiger partial charge in [0, 0.05) is 80.2 Å². The van der Waals surface area contributed by atoms with Crippen molar-refractivity contribution in [2.45, 2.75) is 6.92 Å². The van der Waals surface area contributed by atoms with Gasteiger partial charge in [0.25, 0.3) is 6.71 Å². The molecule has 2 aromatic heterocycles. The Morgan fingerprint density at radius 1 is 0.390 bits per heavy atom. The number of nitrogens with zero attached hydrogens (tertiary/aromatic N) is 8. The van der Waals surface area contributed by atoms with Gasteiger partial charge in [0.1, 0.15) is 0 Å². The first kappa shape index (κ1) is 49.5. The van der Waals surface area contributed by atoms with E-state index in [0.29, 0.717) is 23.3 Å². The number of hydrogen-bond acceptors (Lipinski definition) is 8. The second-order valence-electron chi connectivity index (χ2n) is 20.5. The number of anilines is 7. The van der Waals surface area contributed by atoms with Crippen LogP contribution < -0.4 is 31.1 Å². The summed E-state index contributed by atoms with van der Waals surface area (Å²) in [6.45, 7) is 6.49. The van der Waals surface area contributed by atoms with Gasteiger partial charge in [-0.3, -0.25) is 0 Å². The Kier molecular flexibility index (Phi) is 12.8. The molecule has 8 nitrogen and oxygen atoms in total. The molecule has 0 N–H and O–H groups in total. The van der Waals surface area contributed by atoms with Gasteiger partial charge in [-0.25, -0.2) is 24.9 Å². The average Bonchev–Trinajstić information content (AvgIpc) is 2.53. The molecule has 0 saturated carbocycles. The molecule has 0 spiro atoms. The molecule has 0 aliphatic carbocycles. The van der Waals surface area contributed by atoms with Gasteiger partial charge >= 0.3 is 0 Å². The molecule has 0 fully saturated rings. The fraction of sp³-hybridized carbons (Fsp3) is 0.0274. The lowest BCUT2D eigenvalue weighted by Gasteiger charge is -2.44. The number of hydrogen-bond donors (Lipinski definition) is 0.